The third-order valence-corrected chi connectivity index (χ3v) is 2.58. The molecule has 4 N–H and O–H groups in total. The van der Waals surface area contributed by atoms with Gasteiger partial charge >= 0.3 is 0 Å². The Morgan fingerprint density at radius 1 is 1.27 bits per heavy atom. The first-order valence-corrected chi connectivity index (χ1v) is 5.19. The number of benzene rings is 1. The first-order chi connectivity index (χ1) is 7.13. The molecule has 82 valence electrons. The Bertz CT molecular complexity index is 325. The van der Waals surface area contributed by atoms with Crippen LogP contribution in [0, 0.1) is 0 Å². The van der Waals surface area contributed by atoms with Crippen LogP contribution in [0.4, 0.5) is 0 Å². The Morgan fingerprint density at radius 2 is 1.87 bits per heavy atom. The summed E-state index contributed by atoms with van der Waals surface area (Å²) in [5, 5.41) is 3.88. The molecule has 1 unspecified atom stereocenters. The highest BCUT2D eigenvalue weighted by atomic mass is 15.6. The van der Waals surface area contributed by atoms with Crippen LogP contribution < -0.4 is 11.7 Å². The van der Waals surface area contributed by atoms with E-state index < -0.39 is 0 Å². The average molecular weight is 207 g/mol. The van der Waals surface area contributed by atoms with E-state index in [1.165, 1.54) is 5.56 Å². The van der Waals surface area contributed by atoms with E-state index in [1.807, 2.05) is 0 Å². The van der Waals surface area contributed by atoms with Gasteiger partial charge in [-0.25, -0.2) is 0 Å². The van der Waals surface area contributed by atoms with Crippen molar-refractivity contribution in [2.45, 2.75) is 32.7 Å². The summed E-state index contributed by atoms with van der Waals surface area (Å²) in [7, 11) is 0. The van der Waals surface area contributed by atoms with Crippen LogP contribution in [0.25, 0.3) is 0 Å². The molecule has 1 aromatic carbocycles. The number of rotatable bonds is 4. The molecule has 0 bridgehead atoms. The van der Waals surface area contributed by atoms with Crippen molar-refractivity contribution in [3.63, 3.8) is 0 Å². The molecular weight excluding hydrogens is 188 g/mol. The Morgan fingerprint density at radius 3 is 2.33 bits per heavy atom. The van der Waals surface area contributed by atoms with Crippen molar-refractivity contribution in [3.05, 3.63) is 35.4 Å². The highest BCUT2D eigenvalue weighted by Gasteiger charge is 2.02. The predicted molar refractivity (Wildman–Crippen MR) is 59.9 cm³/mol. The van der Waals surface area contributed by atoms with Gasteiger partial charge < -0.3 is 0 Å². The maximum Gasteiger partial charge on any atom is 0.133 e. The standard InChI is InChI=1S/C11H19N4/c1-3-9(2)11-6-4-10(5-7-11)8-14-15(12)13/h4-7,9H,3,8H2,1-2H3,(H4,12,13,14)/q+1. The van der Waals surface area contributed by atoms with Crippen molar-refractivity contribution in [1.29, 1.82) is 0 Å². The minimum atomic E-state index is 0.522. The molecular formula is C11H19N4+. The van der Waals surface area contributed by atoms with Crippen LogP contribution in [0.3, 0.4) is 0 Å². The van der Waals surface area contributed by atoms with Crippen molar-refractivity contribution in [1.82, 2.24) is 0 Å². The molecule has 1 aromatic rings. The van der Waals surface area contributed by atoms with Gasteiger partial charge in [-0.15, -0.1) is 0 Å². The molecule has 0 aliphatic carbocycles. The van der Waals surface area contributed by atoms with E-state index in [0.29, 0.717) is 12.5 Å². The second-order valence-corrected chi connectivity index (χ2v) is 3.73. The topological polar surface area (TPSA) is 67.4 Å². The normalized spacial score (nSPS) is 12.1. The lowest BCUT2D eigenvalue weighted by Gasteiger charge is -2.08. The number of nitrogens with zero attached hydrogens (tertiary/aromatic N) is 2. The summed E-state index contributed by atoms with van der Waals surface area (Å²) in [6, 6.07) is 8.40. The molecule has 0 amide bonds. The van der Waals surface area contributed by atoms with E-state index in [4.69, 9.17) is 11.7 Å². The molecule has 0 aliphatic rings. The molecule has 4 heteroatoms. The molecule has 0 fully saturated rings. The molecule has 0 spiro atoms. The summed E-state index contributed by atoms with van der Waals surface area (Å²) in [4.78, 5) is 0.850. The van der Waals surface area contributed by atoms with Gasteiger partial charge in [-0.1, -0.05) is 38.1 Å². The molecule has 0 heterocycles. The first kappa shape index (κ1) is 11.5. The van der Waals surface area contributed by atoms with E-state index in [9.17, 15) is 0 Å². The zero-order chi connectivity index (χ0) is 11.3. The molecule has 0 saturated carbocycles. The minimum absolute atomic E-state index is 0.522. The summed E-state index contributed by atoms with van der Waals surface area (Å²) in [6.07, 6.45) is 1.16. The molecule has 0 aliphatic heterocycles. The number of hydrazine groups is 2. The third kappa shape index (κ3) is 3.58. The molecule has 0 saturated heterocycles. The second-order valence-electron chi connectivity index (χ2n) is 3.73. The highest BCUT2D eigenvalue weighted by molar-refractivity contribution is 5.24. The average Bonchev–Trinajstić information content (AvgIpc) is 2.26. The first-order valence-electron chi connectivity index (χ1n) is 5.19. The van der Waals surface area contributed by atoms with Crippen molar-refractivity contribution < 1.29 is 4.92 Å². The second kappa shape index (κ2) is 5.34. The number of hydrogen-bond donors (Lipinski definition) is 2. The summed E-state index contributed by atoms with van der Waals surface area (Å²) in [5.41, 5.74) is 2.47. The van der Waals surface area contributed by atoms with Gasteiger partial charge in [0.2, 0.25) is 0 Å². The van der Waals surface area contributed by atoms with Crippen LogP contribution in [0.2, 0.25) is 0 Å². The van der Waals surface area contributed by atoms with Gasteiger partial charge in [0.15, 0.2) is 0 Å². The third-order valence-electron chi connectivity index (χ3n) is 2.58. The van der Waals surface area contributed by atoms with Gasteiger partial charge in [-0.2, -0.15) is 11.7 Å². The molecule has 4 nitrogen and oxygen atoms in total. The van der Waals surface area contributed by atoms with E-state index in [1.54, 1.807) is 0 Å². The summed E-state index contributed by atoms with van der Waals surface area (Å²) in [6.45, 7) is 4.93. The predicted octanol–water partition coefficient (Wildman–Crippen LogP) is 1.91. The Balaban J connectivity index is 2.68. The largest absolute Gasteiger partial charge is 0.157 e. The Hall–Kier alpha value is -1.58. The molecule has 0 aromatic heterocycles. The van der Waals surface area contributed by atoms with Gasteiger partial charge in [-0.05, 0) is 23.5 Å². The quantitative estimate of drug-likeness (QED) is 0.343. The van der Waals surface area contributed by atoms with E-state index >= 15 is 0 Å². The van der Waals surface area contributed by atoms with Crippen LogP contribution in [0.5, 0.6) is 0 Å². The fraction of sp³-hybridized carbons (Fsp3) is 0.455. The highest BCUT2D eigenvalue weighted by Crippen LogP contribution is 2.18. The van der Waals surface area contributed by atoms with Crippen molar-refractivity contribution in [3.8, 4) is 0 Å². The molecule has 1 rings (SSSR count). The fourth-order valence-corrected chi connectivity index (χ4v) is 1.35. The number of hydrogen-bond acceptors (Lipinski definition) is 1. The summed E-state index contributed by atoms with van der Waals surface area (Å²) < 4.78 is 0. The lowest BCUT2D eigenvalue weighted by atomic mass is 9.98. The van der Waals surface area contributed by atoms with Gasteiger partial charge in [0.1, 0.15) is 11.5 Å². The molecule has 0 radical (unpaired) electrons. The van der Waals surface area contributed by atoms with Crippen LogP contribution in [-0.4, -0.2) is 4.92 Å². The lowest BCUT2D eigenvalue weighted by Crippen LogP contribution is -2.25. The smallest absolute Gasteiger partial charge is 0.133 e. The monoisotopic (exact) mass is 207 g/mol. The van der Waals surface area contributed by atoms with E-state index in [2.05, 4.69) is 43.2 Å². The Kier molecular flexibility index (Phi) is 4.09. The minimum Gasteiger partial charge on any atom is -0.157 e. The zero-order valence-electron chi connectivity index (χ0n) is 9.35. The lowest BCUT2D eigenvalue weighted by molar-refractivity contribution is -0.619. The molecule has 1 atom stereocenters. The van der Waals surface area contributed by atoms with Gasteiger partial charge in [0, 0.05) is 5.11 Å². The summed E-state index contributed by atoms with van der Waals surface area (Å²) >= 11 is 0. The van der Waals surface area contributed by atoms with Crippen LogP contribution >= 0.6 is 0 Å². The van der Waals surface area contributed by atoms with Crippen LogP contribution in [-0.2, 0) is 6.54 Å². The van der Waals surface area contributed by atoms with Crippen molar-refractivity contribution in [2.24, 2.45) is 16.8 Å². The number of nitrogens with two attached hydrogens (primary N) is 2. The van der Waals surface area contributed by atoms with Crippen molar-refractivity contribution >= 4 is 0 Å². The van der Waals surface area contributed by atoms with Gasteiger partial charge in [0.25, 0.3) is 0 Å². The van der Waals surface area contributed by atoms with Crippen molar-refractivity contribution in [2.75, 3.05) is 0 Å². The van der Waals surface area contributed by atoms with E-state index in [0.717, 1.165) is 16.9 Å². The maximum absolute atomic E-state index is 5.18. The zero-order valence-corrected chi connectivity index (χ0v) is 9.35. The Labute approximate surface area is 90.5 Å². The SMILES string of the molecule is CCC(C)c1ccc(CN=[N+](N)N)cc1. The fourth-order valence-electron chi connectivity index (χ4n) is 1.35. The van der Waals surface area contributed by atoms with Gasteiger partial charge in [-0.3, -0.25) is 0 Å². The molecule has 15 heavy (non-hydrogen) atoms. The van der Waals surface area contributed by atoms with E-state index in [-0.39, 0.29) is 0 Å². The summed E-state index contributed by atoms with van der Waals surface area (Å²) in [5.74, 6) is 11.0. The maximum atomic E-state index is 5.18. The van der Waals surface area contributed by atoms with Crippen LogP contribution in [0.1, 0.15) is 37.3 Å². The van der Waals surface area contributed by atoms with Gasteiger partial charge in [0.05, 0.1) is 0 Å². The van der Waals surface area contributed by atoms with Crippen LogP contribution in [0.15, 0.2) is 29.4 Å².